The van der Waals surface area contributed by atoms with Crippen LogP contribution in [0.5, 0.6) is 0 Å². The minimum atomic E-state index is -0.263. The predicted octanol–water partition coefficient (Wildman–Crippen LogP) is 2.07. The highest BCUT2D eigenvalue weighted by Gasteiger charge is 2.22. The van der Waals surface area contributed by atoms with Crippen LogP contribution in [0.15, 0.2) is 24.3 Å². The molecule has 0 bridgehead atoms. The third kappa shape index (κ3) is 3.73. The normalized spacial score (nSPS) is 15.8. The lowest BCUT2D eigenvalue weighted by molar-refractivity contribution is -0.130. The Morgan fingerprint density at radius 2 is 1.85 bits per heavy atom. The number of benzene rings is 1. The quantitative estimate of drug-likeness (QED) is 0.884. The van der Waals surface area contributed by atoms with Crippen LogP contribution in [0.1, 0.15) is 26.7 Å². The summed E-state index contributed by atoms with van der Waals surface area (Å²) in [6, 6.07) is 7.12. The van der Waals surface area contributed by atoms with Gasteiger partial charge < -0.3 is 15.5 Å². The third-order valence-corrected chi connectivity index (χ3v) is 3.35. The van der Waals surface area contributed by atoms with Gasteiger partial charge in [0.15, 0.2) is 0 Å². The van der Waals surface area contributed by atoms with Gasteiger partial charge in [-0.15, -0.1) is 0 Å². The van der Waals surface area contributed by atoms with Gasteiger partial charge in [0.05, 0.1) is 0 Å². The van der Waals surface area contributed by atoms with Gasteiger partial charge in [0, 0.05) is 31.4 Å². The second kappa shape index (κ2) is 6.41. The summed E-state index contributed by atoms with van der Waals surface area (Å²) in [6.07, 6.45) is 2.19. The maximum absolute atomic E-state index is 12.2. The van der Waals surface area contributed by atoms with E-state index >= 15 is 0 Å². The van der Waals surface area contributed by atoms with Gasteiger partial charge in [0.2, 0.25) is 11.8 Å². The van der Waals surface area contributed by atoms with Crippen LogP contribution in [0, 0.1) is 0 Å². The van der Waals surface area contributed by atoms with Gasteiger partial charge in [-0.3, -0.25) is 9.59 Å². The van der Waals surface area contributed by atoms with Crippen molar-refractivity contribution in [1.82, 2.24) is 4.90 Å². The molecule has 0 aromatic heterocycles. The lowest BCUT2D eigenvalue weighted by Gasteiger charge is -2.22. The van der Waals surface area contributed by atoms with E-state index in [4.69, 9.17) is 0 Å². The number of hydrogen-bond donors (Lipinski definition) is 2. The number of hydrogen-bond acceptors (Lipinski definition) is 3. The Bertz CT molecular complexity index is 496. The number of carbonyl (C=O) groups is 2. The van der Waals surface area contributed by atoms with Crippen molar-refractivity contribution in [2.24, 2.45) is 0 Å². The molecule has 2 rings (SSSR count). The van der Waals surface area contributed by atoms with Gasteiger partial charge in [-0.05, 0) is 38.0 Å². The molecule has 1 fully saturated rings. The molecule has 1 atom stereocenters. The molecule has 1 aliphatic heterocycles. The molecule has 2 N–H and O–H groups in total. The minimum absolute atomic E-state index is 0.108. The average molecular weight is 275 g/mol. The van der Waals surface area contributed by atoms with Gasteiger partial charge in [-0.1, -0.05) is 6.07 Å². The van der Waals surface area contributed by atoms with Crippen LogP contribution in [0.25, 0.3) is 0 Å². The Balaban J connectivity index is 1.98. The van der Waals surface area contributed by atoms with Crippen LogP contribution >= 0.6 is 0 Å². The number of nitrogens with one attached hydrogen (secondary N) is 2. The lowest BCUT2D eigenvalue weighted by Crippen LogP contribution is -2.39. The minimum Gasteiger partial charge on any atom is -0.374 e. The van der Waals surface area contributed by atoms with E-state index in [1.165, 1.54) is 6.92 Å². The summed E-state index contributed by atoms with van der Waals surface area (Å²) in [6.45, 7) is 5.05. The number of amides is 2. The first kappa shape index (κ1) is 14.4. The molecular weight excluding hydrogens is 254 g/mol. The largest absolute Gasteiger partial charge is 0.374 e. The molecule has 1 aliphatic rings. The predicted molar refractivity (Wildman–Crippen MR) is 79.6 cm³/mol. The smallest absolute Gasteiger partial charge is 0.244 e. The Morgan fingerprint density at radius 3 is 2.50 bits per heavy atom. The molecule has 20 heavy (non-hydrogen) atoms. The summed E-state index contributed by atoms with van der Waals surface area (Å²) in [5.41, 5.74) is 1.56. The molecule has 5 nitrogen and oxygen atoms in total. The first-order valence-electron chi connectivity index (χ1n) is 6.99. The lowest BCUT2D eigenvalue weighted by atomic mass is 10.2. The fourth-order valence-electron chi connectivity index (χ4n) is 2.41. The van der Waals surface area contributed by atoms with E-state index in [0.717, 1.165) is 37.3 Å². The molecule has 1 aromatic carbocycles. The molecule has 2 amide bonds. The molecule has 0 unspecified atom stereocenters. The topological polar surface area (TPSA) is 61.4 Å². The molecule has 0 aliphatic carbocycles. The fourth-order valence-corrected chi connectivity index (χ4v) is 2.41. The van der Waals surface area contributed by atoms with Crippen LogP contribution in [-0.2, 0) is 9.59 Å². The van der Waals surface area contributed by atoms with Crippen LogP contribution in [0.2, 0.25) is 0 Å². The number of rotatable bonds is 4. The van der Waals surface area contributed by atoms with Crippen molar-refractivity contribution >= 4 is 23.2 Å². The van der Waals surface area contributed by atoms with E-state index < -0.39 is 0 Å². The zero-order chi connectivity index (χ0) is 14.5. The van der Waals surface area contributed by atoms with Crippen molar-refractivity contribution in [1.29, 1.82) is 0 Å². The summed E-state index contributed by atoms with van der Waals surface area (Å²) >= 11 is 0. The van der Waals surface area contributed by atoms with E-state index in [0.29, 0.717) is 0 Å². The number of nitrogens with zero attached hydrogens (tertiary/aromatic N) is 1. The molecule has 1 aromatic rings. The standard InChI is InChI=1S/C15H21N3O2/c1-11(15(20)18-8-3-4-9-18)16-13-6-5-7-14(10-13)17-12(2)19/h5-7,10-11,16H,3-4,8-9H2,1-2H3,(H,17,19)/t11-/m0/s1. The second-order valence-electron chi connectivity index (χ2n) is 5.16. The van der Waals surface area contributed by atoms with Crippen molar-refractivity contribution in [3.63, 3.8) is 0 Å². The Morgan fingerprint density at radius 1 is 1.20 bits per heavy atom. The highest BCUT2D eigenvalue weighted by Crippen LogP contribution is 2.17. The Kier molecular flexibility index (Phi) is 4.61. The van der Waals surface area contributed by atoms with E-state index in [2.05, 4.69) is 10.6 Å². The molecule has 1 heterocycles. The first-order chi connectivity index (χ1) is 9.56. The van der Waals surface area contributed by atoms with E-state index in [1.54, 1.807) is 0 Å². The van der Waals surface area contributed by atoms with Gasteiger partial charge in [0.1, 0.15) is 6.04 Å². The van der Waals surface area contributed by atoms with E-state index in [9.17, 15) is 9.59 Å². The zero-order valence-electron chi connectivity index (χ0n) is 12.0. The SMILES string of the molecule is CC(=O)Nc1cccc(N[C@@H](C)C(=O)N2CCCC2)c1. The van der Waals surface area contributed by atoms with Crippen LogP contribution < -0.4 is 10.6 Å². The van der Waals surface area contributed by atoms with Gasteiger partial charge in [-0.2, -0.15) is 0 Å². The van der Waals surface area contributed by atoms with Crippen LogP contribution in [-0.4, -0.2) is 35.8 Å². The number of likely N-dealkylation sites (tertiary alicyclic amines) is 1. The van der Waals surface area contributed by atoms with Crippen molar-refractivity contribution < 1.29 is 9.59 Å². The number of anilines is 2. The Labute approximate surface area is 119 Å². The molecule has 108 valence electrons. The van der Waals surface area contributed by atoms with Gasteiger partial charge in [-0.25, -0.2) is 0 Å². The number of carbonyl (C=O) groups excluding carboxylic acids is 2. The van der Waals surface area contributed by atoms with Crippen molar-refractivity contribution in [2.45, 2.75) is 32.7 Å². The van der Waals surface area contributed by atoms with E-state index in [1.807, 2.05) is 36.1 Å². The molecule has 1 saturated heterocycles. The molecule has 0 spiro atoms. The first-order valence-corrected chi connectivity index (χ1v) is 6.99. The summed E-state index contributed by atoms with van der Waals surface area (Å²) in [4.78, 5) is 25.1. The highest BCUT2D eigenvalue weighted by atomic mass is 16.2. The summed E-state index contributed by atoms with van der Waals surface area (Å²) < 4.78 is 0. The Hall–Kier alpha value is -2.04. The summed E-state index contributed by atoms with van der Waals surface area (Å²) in [5.74, 6) is 0.0239. The van der Waals surface area contributed by atoms with Crippen molar-refractivity contribution in [3.8, 4) is 0 Å². The highest BCUT2D eigenvalue weighted by molar-refractivity contribution is 5.89. The summed E-state index contributed by atoms with van der Waals surface area (Å²) in [5, 5.41) is 5.92. The van der Waals surface area contributed by atoms with E-state index in [-0.39, 0.29) is 17.9 Å². The molecule has 0 radical (unpaired) electrons. The average Bonchev–Trinajstić information content (AvgIpc) is 2.91. The maximum Gasteiger partial charge on any atom is 0.244 e. The third-order valence-electron chi connectivity index (χ3n) is 3.35. The van der Waals surface area contributed by atoms with Gasteiger partial charge in [0.25, 0.3) is 0 Å². The maximum atomic E-state index is 12.2. The van der Waals surface area contributed by atoms with Crippen molar-refractivity contribution in [2.75, 3.05) is 23.7 Å². The second-order valence-corrected chi connectivity index (χ2v) is 5.16. The molecular formula is C15H21N3O2. The van der Waals surface area contributed by atoms with Crippen molar-refractivity contribution in [3.05, 3.63) is 24.3 Å². The summed E-state index contributed by atoms with van der Waals surface area (Å²) in [7, 11) is 0. The monoisotopic (exact) mass is 275 g/mol. The van der Waals surface area contributed by atoms with Crippen LogP contribution in [0.3, 0.4) is 0 Å². The molecule has 5 heteroatoms. The molecule has 0 saturated carbocycles. The van der Waals surface area contributed by atoms with Crippen LogP contribution in [0.4, 0.5) is 11.4 Å². The zero-order valence-corrected chi connectivity index (χ0v) is 12.0. The van der Waals surface area contributed by atoms with Gasteiger partial charge >= 0.3 is 0 Å². The fraction of sp³-hybridized carbons (Fsp3) is 0.467.